The van der Waals surface area contributed by atoms with Gasteiger partial charge in [0.05, 0.1) is 24.1 Å². The van der Waals surface area contributed by atoms with Gasteiger partial charge < -0.3 is 20.5 Å². The molecule has 5 nitrogen and oxygen atoms in total. The SMILES string of the molecule is CCOc1cc(NC(=O)c2ccccc2)c(OC(C)C)cc1N. The van der Waals surface area contributed by atoms with Crippen molar-refractivity contribution in [1.82, 2.24) is 0 Å². The number of hydrogen-bond donors (Lipinski definition) is 2. The number of hydrogen-bond acceptors (Lipinski definition) is 4. The monoisotopic (exact) mass is 314 g/mol. The summed E-state index contributed by atoms with van der Waals surface area (Å²) in [4.78, 5) is 12.4. The Hall–Kier alpha value is -2.69. The fourth-order valence-corrected chi connectivity index (χ4v) is 2.09. The molecular weight excluding hydrogens is 292 g/mol. The summed E-state index contributed by atoms with van der Waals surface area (Å²) >= 11 is 0. The molecule has 2 aromatic rings. The molecule has 2 rings (SSSR count). The Labute approximate surface area is 136 Å². The van der Waals surface area contributed by atoms with Gasteiger partial charge >= 0.3 is 0 Å². The molecule has 5 heteroatoms. The van der Waals surface area contributed by atoms with Gasteiger partial charge in [0.1, 0.15) is 11.5 Å². The summed E-state index contributed by atoms with van der Waals surface area (Å²) in [5.74, 6) is 0.823. The van der Waals surface area contributed by atoms with Crippen LogP contribution in [0.4, 0.5) is 11.4 Å². The van der Waals surface area contributed by atoms with Crippen LogP contribution < -0.4 is 20.5 Å². The molecule has 0 bridgehead atoms. The molecule has 1 amide bonds. The highest BCUT2D eigenvalue weighted by Gasteiger charge is 2.15. The molecule has 3 N–H and O–H groups in total. The van der Waals surface area contributed by atoms with Gasteiger partial charge in [-0.05, 0) is 32.9 Å². The summed E-state index contributed by atoms with van der Waals surface area (Å²) in [6, 6.07) is 12.4. The summed E-state index contributed by atoms with van der Waals surface area (Å²) in [7, 11) is 0. The molecule has 0 saturated carbocycles. The first-order chi connectivity index (χ1) is 11.0. The van der Waals surface area contributed by atoms with E-state index in [-0.39, 0.29) is 12.0 Å². The van der Waals surface area contributed by atoms with Crippen LogP contribution in [0, 0.1) is 0 Å². The second kappa shape index (κ2) is 7.54. The Morgan fingerprint density at radius 3 is 2.48 bits per heavy atom. The highest BCUT2D eigenvalue weighted by Crippen LogP contribution is 2.35. The second-order valence-corrected chi connectivity index (χ2v) is 5.31. The number of anilines is 2. The van der Waals surface area contributed by atoms with Crippen molar-refractivity contribution in [3.8, 4) is 11.5 Å². The largest absolute Gasteiger partial charge is 0.492 e. The minimum Gasteiger partial charge on any atom is -0.492 e. The van der Waals surface area contributed by atoms with Gasteiger partial charge in [-0.25, -0.2) is 0 Å². The second-order valence-electron chi connectivity index (χ2n) is 5.31. The molecule has 0 aromatic heterocycles. The Morgan fingerprint density at radius 2 is 1.87 bits per heavy atom. The van der Waals surface area contributed by atoms with E-state index in [1.165, 1.54) is 0 Å². The molecule has 23 heavy (non-hydrogen) atoms. The lowest BCUT2D eigenvalue weighted by molar-refractivity contribution is 0.102. The van der Waals surface area contributed by atoms with Crippen molar-refractivity contribution in [2.75, 3.05) is 17.7 Å². The van der Waals surface area contributed by atoms with Gasteiger partial charge in [-0.15, -0.1) is 0 Å². The Kier molecular flexibility index (Phi) is 5.46. The molecule has 0 atom stereocenters. The lowest BCUT2D eigenvalue weighted by Gasteiger charge is -2.18. The molecule has 2 aromatic carbocycles. The number of rotatable bonds is 6. The maximum Gasteiger partial charge on any atom is 0.255 e. The van der Waals surface area contributed by atoms with Crippen molar-refractivity contribution in [3.05, 3.63) is 48.0 Å². The summed E-state index contributed by atoms with van der Waals surface area (Å²) in [5, 5.41) is 2.86. The number of benzene rings is 2. The average molecular weight is 314 g/mol. The van der Waals surface area contributed by atoms with Gasteiger partial charge in [0.25, 0.3) is 5.91 Å². The molecule has 0 aliphatic rings. The van der Waals surface area contributed by atoms with E-state index in [0.29, 0.717) is 35.0 Å². The molecule has 122 valence electrons. The van der Waals surface area contributed by atoms with Crippen LogP contribution >= 0.6 is 0 Å². The number of carbonyl (C=O) groups excluding carboxylic acids is 1. The molecule has 0 aliphatic carbocycles. The van der Waals surface area contributed by atoms with E-state index in [1.54, 1.807) is 24.3 Å². The van der Waals surface area contributed by atoms with Crippen LogP contribution in [0.2, 0.25) is 0 Å². The molecular formula is C18H22N2O3. The van der Waals surface area contributed by atoms with Crippen LogP contribution in [0.5, 0.6) is 11.5 Å². The van der Waals surface area contributed by atoms with E-state index in [1.807, 2.05) is 39.0 Å². The van der Waals surface area contributed by atoms with E-state index in [2.05, 4.69) is 5.32 Å². The maximum absolute atomic E-state index is 12.4. The molecule has 0 aliphatic heterocycles. The van der Waals surface area contributed by atoms with E-state index < -0.39 is 0 Å². The summed E-state index contributed by atoms with van der Waals surface area (Å²) in [6.45, 7) is 6.19. The predicted octanol–water partition coefficient (Wildman–Crippen LogP) is 3.71. The topological polar surface area (TPSA) is 73.6 Å². The van der Waals surface area contributed by atoms with Crippen LogP contribution in [0.25, 0.3) is 0 Å². The van der Waals surface area contributed by atoms with Crippen LogP contribution in [-0.2, 0) is 0 Å². The van der Waals surface area contributed by atoms with Crippen LogP contribution in [0.3, 0.4) is 0 Å². The van der Waals surface area contributed by atoms with Crippen molar-refractivity contribution >= 4 is 17.3 Å². The molecule has 0 fully saturated rings. The number of nitrogens with one attached hydrogen (secondary N) is 1. The first-order valence-electron chi connectivity index (χ1n) is 7.60. The summed E-state index contributed by atoms with van der Waals surface area (Å²) in [6.07, 6.45) is -0.0419. The first-order valence-corrected chi connectivity index (χ1v) is 7.60. The zero-order valence-electron chi connectivity index (χ0n) is 13.6. The third-order valence-electron chi connectivity index (χ3n) is 3.06. The van der Waals surface area contributed by atoms with Crippen molar-refractivity contribution < 1.29 is 14.3 Å². The lowest BCUT2D eigenvalue weighted by Crippen LogP contribution is -2.15. The molecule has 0 radical (unpaired) electrons. The van der Waals surface area contributed by atoms with E-state index in [0.717, 1.165) is 0 Å². The fraction of sp³-hybridized carbons (Fsp3) is 0.278. The minimum atomic E-state index is -0.216. The van der Waals surface area contributed by atoms with Gasteiger partial charge in [-0.1, -0.05) is 18.2 Å². The molecule has 0 heterocycles. The Balaban J connectivity index is 2.33. The third kappa shape index (κ3) is 4.39. The van der Waals surface area contributed by atoms with Crippen LogP contribution in [0.1, 0.15) is 31.1 Å². The summed E-state index contributed by atoms with van der Waals surface area (Å²) in [5.41, 5.74) is 7.55. The zero-order valence-corrected chi connectivity index (χ0v) is 13.6. The number of carbonyl (C=O) groups is 1. The highest BCUT2D eigenvalue weighted by molar-refractivity contribution is 6.05. The van der Waals surface area contributed by atoms with Gasteiger partial charge in [-0.3, -0.25) is 4.79 Å². The Bertz CT molecular complexity index is 669. The molecule has 0 spiro atoms. The van der Waals surface area contributed by atoms with Crippen molar-refractivity contribution in [2.45, 2.75) is 26.9 Å². The van der Waals surface area contributed by atoms with E-state index in [4.69, 9.17) is 15.2 Å². The zero-order chi connectivity index (χ0) is 16.8. The first kappa shape index (κ1) is 16.7. The van der Waals surface area contributed by atoms with Gasteiger partial charge in [-0.2, -0.15) is 0 Å². The minimum absolute atomic E-state index is 0.0419. The average Bonchev–Trinajstić information content (AvgIpc) is 2.52. The lowest BCUT2D eigenvalue weighted by atomic mass is 10.2. The molecule has 0 unspecified atom stereocenters. The molecule has 0 saturated heterocycles. The fourth-order valence-electron chi connectivity index (χ4n) is 2.09. The standard InChI is InChI=1S/C18H22N2O3/c1-4-22-16-11-15(17(10-14(16)19)23-12(2)3)20-18(21)13-8-6-5-7-9-13/h5-12H,4,19H2,1-3H3,(H,20,21). The van der Waals surface area contributed by atoms with Crippen molar-refractivity contribution in [1.29, 1.82) is 0 Å². The smallest absolute Gasteiger partial charge is 0.255 e. The van der Waals surface area contributed by atoms with E-state index >= 15 is 0 Å². The van der Waals surface area contributed by atoms with Crippen LogP contribution in [0.15, 0.2) is 42.5 Å². The normalized spacial score (nSPS) is 10.4. The van der Waals surface area contributed by atoms with Gasteiger partial charge in [0.15, 0.2) is 0 Å². The maximum atomic E-state index is 12.4. The Morgan fingerprint density at radius 1 is 1.17 bits per heavy atom. The van der Waals surface area contributed by atoms with Crippen molar-refractivity contribution in [2.24, 2.45) is 0 Å². The number of ether oxygens (including phenoxy) is 2. The summed E-state index contributed by atoms with van der Waals surface area (Å²) < 4.78 is 11.2. The van der Waals surface area contributed by atoms with Crippen molar-refractivity contribution in [3.63, 3.8) is 0 Å². The predicted molar refractivity (Wildman–Crippen MR) is 92.2 cm³/mol. The number of amides is 1. The third-order valence-corrected chi connectivity index (χ3v) is 3.06. The highest BCUT2D eigenvalue weighted by atomic mass is 16.5. The van der Waals surface area contributed by atoms with E-state index in [9.17, 15) is 4.79 Å². The number of nitrogens with two attached hydrogens (primary N) is 1. The number of nitrogen functional groups attached to an aromatic ring is 1. The van der Waals surface area contributed by atoms with Crippen LogP contribution in [-0.4, -0.2) is 18.6 Å². The van der Waals surface area contributed by atoms with Gasteiger partial charge in [0, 0.05) is 17.7 Å². The van der Waals surface area contributed by atoms with Gasteiger partial charge in [0.2, 0.25) is 0 Å². The quantitative estimate of drug-likeness (QED) is 0.797.